The number of H-pyrrole nitrogens is 1. The first-order valence-electron chi connectivity index (χ1n) is 11.0. The maximum atomic E-state index is 11.3. The summed E-state index contributed by atoms with van der Waals surface area (Å²) in [5, 5.41) is 22.6. The third-order valence-corrected chi connectivity index (χ3v) is 6.26. The first-order chi connectivity index (χ1) is 16.5. The highest BCUT2D eigenvalue weighted by Gasteiger charge is 2.24. The maximum absolute atomic E-state index is 11.3. The van der Waals surface area contributed by atoms with Crippen LogP contribution in [-0.4, -0.2) is 57.7 Å². The molecule has 10 nitrogen and oxygen atoms in total. The van der Waals surface area contributed by atoms with Crippen LogP contribution in [0.5, 0.6) is 5.75 Å². The van der Waals surface area contributed by atoms with Gasteiger partial charge < -0.3 is 19.7 Å². The van der Waals surface area contributed by atoms with Crippen LogP contribution in [0.25, 0.3) is 21.8 Å². The van der Waals surface area contributed by atoms with Crippen molar-refractivity contribution in [2.75, 3.05) is 30.4 Å². The van der Waals surface area contributed by atoms with Crippen LogP contribution < -0.4 is 15.0 Å². The van der Waals surface area contributed by atoms with Crippen LogP contribution in [0, 0.1) is 0 Å². The molecule has 1 aromatic carbocycles. The lowest BCUT2D eigenvalue weighted by atomic mass is 10.1. The lowest BCUT2D eigenvalue weighted by Crippen LogP contribution is -2.38. The molecule has 176 valence electrons. The van der Waals surface area contributed by atoms with Crippen LogP contribution in [0.1, 0.15) is 25.3 Å². The topological polar surface area (TPSA) is 118 Å². The number of aromatic amines is 1. The van der Waals surface area contributed by atoms with E-state index in [1.807, 2.05) is 18.2 Å². The molecule has 4 aromatic rings. The summed E-state index contributed by atoms with van der Waals surface area (Å²) in [6.07, 6.45) is 4.95. The first-order valence-corrected chi connectivity index (χ1v) is 11.4. The number of ether oxygens (including phenoxy) is 2. The molecular formula is C23H24ClN7O3. The fourth-order valence-electron chi connectivity index (χ4n) is 4.33. The zero-order chi connectivity index (χ0) is 23.7. The maximum Gasteiger partial charge on any atom is 0.302 e. The molecule has 3 aromatic heterocycles. The summed E-state index contributed by atoms with van der Waals surface area (Å²) in [4.78, 5) is 18.0. The Kier molecular flexibility index (Phi) is 6.06. The minimum Gasteiger partial charge on any atom is -0.495 e. The van der Waals surface area contributed by atoms with Crippen molar-refractivity contribution in [3.63, 3.8) is 0 Å². The van der Waals surface area contributed by atoms with Gasteiger partial charge in [0.1, 0.15) is 17.7 Å². The molecule has 0 radical (unpaired) electrons. The molecule has 0 amide bonds. The van der Waals surface area contributed by atoms with Gasteiger partial charge in [0.25, 0.3) is 0 Å². The SMILES string of the molecule is COc1ccc(CNc2n[nH]c(N3CCC(OC(C)=O)CC3)c3cnc4nncc4c23)cc1Cl. The normalized spacial score (nSPS) is 14.5. The Hall–Kier alpha value is -3.66. The van der Waals surface area contributed by atoms with Gasteiger partial charge in [-0.25, -0.2) is 4.98 Å². The van der Waals surface area contributed by atoms with E-state index < -0.39 is 0 Å². The molecule has 0 spiro atoms. The second-order valence-corrected chi connectivity index (χ2v) is 8.58. The summed E-state index contributed by atoms with van der Waals surface area (Å²) in [6.45, 7) is 3.43. The molecule has 1 aliphatic heterocycles. The summed E-state index contributed by atoms with van der Waals surface area (Å²) < 4.78 is 10.6. The number of carbonyl (C=O) groups excluding carboxylic acids is 1. The van der Waals surface area contributed by atoms with E-state index in [-0.39, 0.29) is 12.1 Å². The van der Waals surface area contributed by atoms with Crippen molar-refractivity contribution in [1.29, 1.82) is 0 Å². The number of piperidine rings is 1. The van der Waals surface area contributed by atoms with Crippen LogP contribution in [0.3, 0.4) is 0 Å². The number of fused-ring (bicyclic) bond motifs is 3. The van der Waals surface area contributed by atoms with E-state index >= 15 is 0 Å². The Morgan fingerprint density at radius 3 is 2.82 bits per heavy atom. The van der Waals surface area contributed by atoms with Gasteiger partial charge >= 0.3 is 5.97 Å². The van der Waals surface area contributed by atoms with Gasteiger partial charge in [0.05, 0.1) is 23.7 Å². The fourth-order valence-corrected chi connectivity index (χ4v) is 4.61. The molecule has 11 heteroatoms. The molecule has 0 saturated carbocycles. The molecule has 0 atom stereocenters. The minimum atomic E-state index is -0.242. The number of carbonyl (C=O) groups is 1. The van der Waals surface area contributed by atoms with Crippen LogP contribution >= 0.6 is 11.6 Å². The van der Waals surface area contributed by atoms with Gasteiger partial charge in [-0.3, -0.25) is 9.89 Å². The fraction of sp³-hybridized carbons (Fsp3) is 0.348. The predicted molar refractivity (Wildman–Crippen MR) is 129 cm³/mol. The quantitative estimate of drug-likeness (QED) is 0.397. The van der Waals surface area contributed by atoms with Crippen LogP contribution in [-0.2, 0) is 16.1 Å². The highest BCUT2D eigenvalue weighted by Crippen LogP contribution is 2.34. The predicted octanol–water partition coefficient (Wildman–Crippen LogP) is 3.71. The van der Waals surface area contributed by atoms with E-state index in [1.165, 1.54) is 6.92 Å². The average Bonchev–Trinajstić information content (AvgIpc) is 3.32. The van der Waals surface area contributed by atoms with Crippen molar-refractivity contribution in [1.82, 2.24) is 25.4 Å². The van der Waals surface area contributed by atoms with Crippen molar-refractivity contribution >= 4 is 51.0 Å². The van der Waals surface area contributed by atoms with Crippen LogP contribution in [0.2, 0.25) is 5.02 Å². The molecule has 0 bridgehead atoms. The van der Waals surface area contributed by atoms with Crippen molar-refractivity contribution in [2.24, 2.45) is 0 Å². The minimum absolute atomic E-state index is 0.0569. The van der Waals surface area contributed by atoms with E-state index in [0.29, 0.717) is 28.8 Å². The molecule has 34 heavy (non-hydrogen) atoms. The highest BCUT2D eigenvalue weighted by molar-refractivity contribution is 6.32. The van der Waals surface area contributed by atoms with Gasteiger partial charge in [-0.2, -0.15) is 10.2 Å². The second kappa shape index (κ2) is 9.30. The van der Waals surface area contributed by atoms with E-state index in [9.17, 15) is 4.79 Å². The van der Waals surface area contributed by atoms with Gasteiger partial charge in [0.2, 0.25) is 0 Å². The Labute approximate surface area is 200 Å². The molecule has 5 rings (SSSR count). The number of pyridine rings is 1. The Bertz CT molecular complexity index is 1350. The summed E-state index contributed by atoms with van der Waals surface area (Å²) in [5.41, 5.74) is 1.55. The Morgan fingerprint density at radius 2 is 2.09 bits per heavy atom. The van der Waals surface area contributed by atoms with Gasteiger partial charge in [-0.15, -0.1) is 5.10 Å². The smallest absolute Gasteiger partial charge is 0.302 e. The molecule has 1 fully saturated rings. The van der Waals surface area contributed by atoms with E-state index in [4.69, 9.17) is 21.1 Å². The van der Waals surface area contributed by atoms with E-state index in [1.54, 1.807) is 19.5 Å². The van der Waals surface area contributed by atoms with E-state index in [2.05, 4.69) is 35.6 Å². The number of benzene rings is 1. The second-order valence-electron chi connectivity index (χ2n) is 8.17. The van der Waals surface area contributed by atoms with Gasteiger partial charge in [-0.1, -0.05) is 17.7 Å². The Morgan fingerprint density at radius 1 is 1.26 bits per heavy atom. The molecule has 0 unspecified atom stereocenters. The lowest BCUT2D eigenvalue weighted by Gasteiger charge is -2.33. The number of aromatic nitrogens is 5. The highest BCUT2D eigenvalue weighted by atomic mass is 35.5. The number of esters is 1. The summed E-state index contributed by atoms with van der Waals surface area (Å²) >= 11 is 6.28. The first kappa shape index (κ1) is 22.1. The summed E-state index contributed by atoms with van der Waals surface area (Å²) in [7, 11) is 1.59. The number of rotatable bonds is 6. The lowest BCUT2D eigenvalue weighted by molar-refractivity contribution is -0.147. The third-order valence-electron chi connectivity index (χ3n) is 5.97. The molecular weight excluding hydrogens is 458 g/mol. The largest absolute Gasteiger partial charge is 0.495 e. The van der Waals surface area contributed by atoms with Crippen LogP contribution in [0.15, 0.2) is 30.6 Å². The molecule has 1 saturated heterocycles. The zero-order valence-corrected chi connectivity index (χ0v) is 19.6. The van der Waals surface area contributed by atoms with Gasteiger partial charge in [-0.05, 0) is 17.7 Å². The van der Waals surface area contributed by atoms with Gasteiger partial charge in [0, 0.05) is 56.4 Å². The Balaban J connectivity index is 1.46. The standard InChI is InChI=1S/C23H24ClN7O3/c1-13(32)34-15-5-7-31(8-6-15)23-17-11-26-21-16(12-27-28-21)20(17)22(29-30-23)25-10-14-3-4-19(33-2)18(24)9-14/h3-4,9,11-12,15,30H,5-8,10H2,1-2H3,(H,25,29). The molecule has 0 aliphatic carbocycles. The average molecular weight is 482 g/mol. The van der Waals surface area contributed by atoms with E-state index in [0.717, 1.165) is 53.5 Å². The van der Waals surface area contributed by atoms with Crippen molar-refractivity contribution < 1.29 is 14.3 Å². The number of nitrogens with one attached hydrogen (secondary N) is 2. The third kappa shape index (κ3) is 4.28. The number of methoxy groups -OCH3 is 1. The van der Waals surface area contributed by atoms with Crippen molar-refractivity contribution in [3.05, 3.63) is 41.2 Å². The van der Waals surface area contributed by atoms with Gasteiger partial charge in [0.15, 0.2) is 11.5 Å². The number of nitrogens with zero attached hydrogens (tertiary/aromatic N) is 5. The van der Waals surface area contributed by atoms with Crippen LogP contribution in [0.4, 0.5) is 11.6 Å². The monoisotopic (exact) mass is 481 g/mol. The molecule has 2 N–H and O–H groups in total. The number of hydrogen-bond acceptors (Lipinski definition) is 9. The zero-order valence-electron chi connectivity index (χ0n) is 18.8. The number of anilines is 2. The van der Waals surface area contributed by atoms with Crippen molar-refractivity contribution in [2.45, 2.75) is 32.4 Å². The summed E-state index contributed by atoms with van der Waals surface area (Å²) in [5.74, 6) is 1.92. The molecule has 4 heterocycles. The number of halogens is 1. The van der Waals surface area contributed by atoms with Crippen molar-refractivity contribution in [3.8, 4) is 5.75 Å². The number of hydrogen-bond donors (Lipinski definition) is 2. The molecule has 1 aliphatic rings. The summed E-state index contributed by atoms with van der Waals surface area (Å²) in [6, 6.07) is 5.66.